The number of hydrogen-bond donors (Lipinski definition) is 0. The Balaban J connectivity index is 1.34. The summed E-state index contributed by atoms with van der Waals surface area (Å²) in [5, 5.41) is 6.16. The van der Waals surface area contributed by atoms with Gasteiger partial charge in [-0.25, -0.2) is 9.97 Å². The van der Waals surface area contributed by atoms with Crippen LogP contribution in [-0.2, 0) is 6.61 Å². The van der Waals surface area contributed by atoms with Crippen LogP contribution in [0.5, 0.6) is 5.75 Å². The number of anilines is 1. The van der Waals surface area contributed by atoms with Gasteiger partial charge in [0.05, 0.1) is 16.4 Å². The Bertz CT molecular complexity index is 967. The molecule has 2 aromatic heterocycles. The number of carbonyl (C=O) groups excluding carboxylic acids is 1. The van der Waals surface area contributed by atoms with E-state index in [9.17, 15) is 4.79 Å². The largest absolute Gasteiger partial charge is 0.487 e. The lowest BCUT2D eigenvalue weighted by Crippen LogP contribution is -2.35. The first-order valence-electron chi connectivity index (χ1n) is 9.69. The Morgan fingerprint density at radius 3 is 2.55 bits per heavy atom. The number of hydrogen-bond acceptors (Lipinski definition) is 7. The molecule has 1 aliphatic heterocycles. The highest BCUT2D eigenvalue weighted by atomic mass is 32.1. The molecule has 152 valence electrons. The van der Waals surface area contributed by atoms with Crippen LogP contribution in [0.15, 0.2) is 35.0 Å². The number of amides is 1. The van der Waals surface area contributed by atoms with Gasteiger partial charge in [0.25, 0.3) is 5.91 Å². The summed E-state index contributed by atoms with van der Waals surface area (Å²) in [6.45, 7) is 7.65. The first-order chi connectivity index (χ1) is 14.1. The maximum atomic E-state index is 12.9. The Labute approximate surface area is 178 Å². The van der Waals surface area contributed by atoms with E-state index in [0.29, 0.717) is 18.7 Å². The molecule has 0 spiro atoms. The smallest absolute Gasteiger partial charge is 0.253 e. The lowest BCUT2D eigenvalue weighted by molar-refractivity contribution is 0.0767. The van der Waals surface area contributed by atoms with Gasteiger partial charge >= 0.3 is 0 Å². The molecule has 0 N–H and O–H groups in total. The van der Waals surface area contributed by atoms with E-state index in [0.717, 1.165) is 53.3 Å². The van der Waals surface area contributed by atoms with Crippen molar-refractivity contribution in [2.45, 2.75) is 26.9 Å². The van der Waals surface area contributed by atoms with E-state index in [1.807, 2.05) is 48.4 Å². The average Bonchev–Trinajstić information content (AvgIpc) is 3.26. The van der Waals surface area contributed by atoms with Crippen molar-refractivity contribution in [3.8, 4) is 5.75 Å². The Morgan fingerprint density at radius 1 is 1.03 bits per heavy atom. The third-order valence-electron chi connectivity index (χ3n) is 4.82. The molecule has 0 saturated carbocycles. The number of carbonyl (C=O) groups is 1. The van der Waals surface area contributed by atoms with Crippen LogP contribution in [0.4, 0.5) is 5.13 Å². The van der Waals surface area contributed by atoms with Crippen LogP contribution in [0.1, 0.15) is 33.2 Å². The molecule has 1 fully saturated rings. The molecule has 1 amide bonds. The zero-order valence-electron chi connectivity index (χ0n) is 16.6. The molecule has 0 unspecified atom stereocenters. The van der Waals surface area contributed by atoms with E-state index in [1.54, 1.807) is 22.7 Å². The SMILES string of the molecule is Cc1csc(N2CCCN(C(=O)c3ccc(OCc4csc(C)n4)cc3)CC2)n1. The topological polar surface area (TPSA) is 58.6 Å². The second-order valence-electron chi connectivity index (χ2n) is 7.08. The molecule has 6 nitrogen and oxygen atoms in total. The number of aryl methyl sites for hydroxylation is 2. The maximum absolute atomic E-state index is 12.9. The van der Waals surface area contributed by atoms with E-state index >= 15 is 0 Å². The Morgan fingerprint density at radius 2 is 1.86 bits per heavy atom. The fourth-order valence-corrected chi connectivity index (χ4v) is 4.76. The van der Waals surface area contributed by atoms with E-state index in [-0.39, 0.29) is 5.91 Å². The molecule has 1 aliphatic rings. The molecule has 29 heavy (non-hydrogen) atoms. The summed E-state index contributed by atoms with van der Waals surface area (Å²) in [4.78, 5) is 26.1. The lowest BCUT2D eigenvalue weighted by atomic mass is 10.2. The van der Waals surface area contributed by atoms with Gasteiger partial charge in [-0.3, -0.25) is 4.79 Å². The summed E-state index contributed by atoms with van der Waals surface area (Å²) in [7, 11) is 0. The molecule has 0 aliphatic carbocycles. The summed E-state index contributed by atoms with van der Waals surface area (Å²) in [6, 6.07) is 7.40. The van der Waals surface area contributed by atoms with Gasteiger partial charge in [-0.2, -0.15) is 0 Å². The fraction of sp³-hybridized carbons (Fsp3) is 0.381. The molecule has 0 atom stereocenters. The second kappa shape index (κ2) is 8.92. The molecule has 4 rings (SSSR count). The minimum Gasteiger partial charge on any atom is -0.487 e. The molecule has 1 aromatic carbocycles. The summed E-state index contributed by atoms with van der Waals surface area (Å²) < 4.78 is 5.78. The van der Waals surface area contributed by atoms with Crippen molar-refractivity contribution in [2.24, 2.45) is 0 Å². The minimum atomic E-state index is 0.0730. The van der Waals surface area contributed by atoms with Crippen LogP contribution in [-0.4, -0.2) is 47.0 Å². The molecule has 0 radical (unpaired) electrons. The fourth-order valence-electron chi connectivity index (χ4n) is 3.31. The van der Waals surface area contributed by atoms with Gasteiger partial charge in [0.1, 0.15) is 12.4 Å². The molecular formula is C21H24N4O2S2. The first kappa shape index (κ1) is 19.8. The van der Waals surface area contributed by atoms with E-state index in [2.05, 4.69) is 20.2 Å². The van der Waals surface area contributed by atoms with Gasteiger partial charge in [-0.15, -0.1) is 22.7 Å². The van der Waals surface area contributed by atoms with Crippen molar-refractivity contribution < 1.29 is 9.53 Å². The van der Waals surface area contributed by atoms with Crippen molar-refractivity contribution >= 4 is 33.7 Å². The van der Waals surface area contributed by atoms with Gasteiger partial charge in [-0.1, -0.05) is 0 Å². The van der Waals surface area contributed by atoms with Crippen LogP contribution in [0.25, 0.3) is 0 Å². The summed E-state index contributed by atoms with van der Waals surface area (Å²) >= 11 is 3.29. The quantitative estimate of drug-likeness (QED) is 0.611. The molecular weight excluding hydrogens is 404 g/mol. The minimum absolute atomic E-state index is 0.0730. The molecule has 0 bridgehead atoms. The number of rotatable bonds is 5. The standard InChI is InChI=1S/C21H24N4O2S2/c1-15-13-29-21(22-15)25-9-3-8-24(10-11-25)20(26)17-4-6-19(7-5-17)27-12-18-14-28-16(2)23-18/h4-7,13-14H,3,8-12H2,1-2H3. The van der Waals surface area contributed by atoms with Crippen molar-refractivity contribution in [2.75, 3.05) is 31.1 Å². The summed E-state index contributed by atoms with van der Waals surface area (Å²) in [6.07, 6.45) is 0.943. The highest BCUT2D eigenvalue weighted by Crippen LogP contribution is 2.22. The molecule has 1 saturated heterocycles. The first-order valence-corrected chi connectivity index (χ1v) is 11.4. The van der Waals surface area contributed by atoms with Crippen molar-refractivity contribution in [1.29, 1.82) is 0 Å². The zero-order valence-corrected chi connectivity index (χ0v) is 18.3. The number of aromatic nitrogens is 2. The van der Waals surface area contributed by atoms with Gasteiger partial charge in [-0.05, 0) is 44.5 Å². The third-order valence-corrected chi connectivity index (χ3v) is 6.66. The van der Waals surface area contributed by atoms with Crippen molar-refractivity contribution in [3.63, 3.8) is 0 Å². The Hall–Kier alpha value is -2.45. The summed E-state index contributed by atoms with van der Waals surface area (Å²) in [5.74, 6) is 0.817. The molecule has 8 heteroatoms. The number of benzene rings is 1. The van der Waals surface area contributed by atoms with Gasteiger partial charge in [0.15, 0.2) is 5.13 Å². The number of nitrogens with zero attached hydrogens (tertiary/aromatic N) is 4. The molecule has 3 aromatic rings. The number of thiazole rings is 2. The monoisotopic (exact) mass is 428 g/mol. The summed E-state index contributed by atoms with van der Waals surface area (Å²) in [5.41, 5.74) is 2.67. The maximum Gasteiger partial charge on any atom is 0.253 e. The van der Waals surface area contributed by atoms with E-state index in [4.69, 9.17) is 4.74 Å². The Kier molecular flexibility index (Phi) is 6.10. The predicted molar refractivity (Wildman–Crippen MR) is 117 cm³/mol. The van der Waals surface area contributed by atoms with Crippen LogP contribution < -0.4 is 9.64 Å². The van der Waals surface area contributed by atoms with E-state index < -0.39 is 0 Å². The predicted octanol–water partition coefficient (Wildman–Crippen LogP) is 4.15. The van der Waals surface area contributed by atoms with Crippen LogP contribution >= 0.6 is 22.7 Å². The van der Waals surface area contributed by atoms with Crippen LogP contribution in [0.2, 0.25) is 0 Å². The third kappa shape index (κ3) is 4.94. The van der Waals surface area contributed by atoms with Gasteiger partial charge in [0.2, 0.25) is 0 Å². The highest BCUT2D eigenvalue weighted by molar-refractivity contribution is 7.13. The van der Waals surface area contributed by atoms with E-state index in [1.165, 1.54) is 0 Å². The number of ether oxygens (including phenoxy) is 1. The van der Waals surface area contributed by atoms with Crippen molar-refractivity contribution in [1.82, 2.24) is 14.9 Å². The normalized spacial score (nSPS) is 14.7. The van der Waals surface area contributed by atoms with Gasteiger partial charge < -0.3 is 14.5 Å². The van der Waals surface area contributed by atoms with Crippen LogP contribution in [0.3, 0.4) is 0 Å². The van der Waals surface area contributed by atoms with Gasteiger partial charge in [0, 0.05) is 42.5 Å². The molecule has 3 heterocycles. The zero-order chi connectivity index (χ0) is 20.2. The average molecular weight is 429 g/mol. The highest BCUT2D eigenvalue weighted by Gasteiger charge is 2.21. The second-order valence-corrected chi connectivity index (χ2v) is 8.97. The van der Waals surface area contributed by atoms with Crippen molar-refractivity contribution in [3.05, 3.63) is 57.0 Å². The van der Waals surface area contributed by atoms with Crippen LogP contribution in [0, 0.1) is 13.8 Å². The lowest BCUT2D eigenvalue weighted by Gasteiger charge is -2.22.